The molecular weight excluding hydrogens is 224 g/mol. The maximum atomic E-state index is 11.6. The largest absolute Gasteiger partial charge is 0.481 e. The van der Waals surface area contributed by atoms with Crippen LogP contribution in [0.1, 0.15) is 23.5 Å². The van der Waals surface area contributed by atoms with Crippen LogP contribution in [0, 0.1) is 0 Å². The Bertz CT molecular complexity index is 428. The van der Waals surface area contributed by atoms with Crippen LogP contribution in [0.2, 0.25) is 0 Å². The number of carbonyl (C=O) groups is 1. The molecule has 4 heteroatoms. The van der Waals surface area contributed by atoms with Gasteiger partial charge in [0.15, 0.2) is 0 Å². The number of rotatable bonds is 5. The first-order chi connectivity index (χ1) is 7.66. The van der Waals surface area contributed by atoms with E-state index in [1.165, 1.54) is 11.1 Å². The molecule has 0 aliphatic heterocycles. The van der Waals surface area contributed by atoms with E-state index in [-0.39, 0.29) is 12.2 Å². The van der Waals surface area contributed by atoms with Crippen molar-refractivity contribution in [3.05, 3.63) is 35.4 Å². The van der Waals surface area contributed by atoms with Crippen LogP contribution in [0.15, 0.2) is 24.3 Å². The molecule has 0 fully saturated rings. The van der Waals surface area contributed by atoms with Crippen LogP contribution in [-0.4, -0.2) is 26.8 Å². The van der Waals surface area contributed by atoms with Gasteiger partial charge < -0.3 is 5.11 Å². The van der Waals surface area contributed by atoms with E-state index in [0.29, 0.717) is 11.7 Å². The summed E-state index contributed by atoms with van der Waals surface area (Å²) in [5, 5.41) is 8.49. The van der Waals surface area contributed by atoms with Crippen molar-refractivity contribution in [3.8, 4) is 0 Å². The highest BCUT2D eigenvalue weighted by molar-refractivity contribution is 7.85. The van der Waals surface area contributed by atoms with Gasteiger partial charge in [0.2, 0.25) is 0 Å². The number of carboxylic acid groups (broad SMARTS) is 1. The zero-order valence-corrected chi connectivity index (χ0v) is 9.70. The first-order valence-electron chi connectivity index (χ1n) is 5.31. The van der Waals surface area contributed by atoms with Crippen molar-refractivity contribution in [2.75, 3.05) is 11.5 Å². The zero-order valence-electron chi connectivity index (χ0n) is 8.89. The lowest BCUT2D eigenvalue weighted by Crippen LogP contribution is -2.23. The number of benzene rings is 1. The van der Waals surface area contributed by atoms with E-state index in [1.807, 2.05) is 12.1 Å². The van der Waals surface area contributed by atoms with Gasteiger partial charge in [-0.05, 0) is 23.5 Å². The predicted octanol–water partition coefficient (Wildman–Crippen LogP) is 1.55. The Hall–Kier alpha value is -1.16. The molecule has 1 aromatic rings. The molecule has 2 unspecified atom stereocenters. The standard InChI is InChI=1S/C12H14O3S/c13-12(14)5-6-16(15)8-10-7-9-3-1-2-4-11(9)10/h1-4,10H,5-8H2,(H,13,14). The molecule has 1 aliphatic rings. The van der Waals surface area contributed by atoms with Crippen LogP contribution in [0.5, 0.6) is 0 Å². The number of carboxylic acids is 1. The van der Waals surface area contributed by atoms with Crippen LogP contribution < -0.4 is 0 Å². The lowest BCUT2D eigenvalue weighted by molar-refractivity contribution is -0.136. The number of aliphatic carboxylic acids is 1. The molecule has 16 heavy (non-hydrogen) atoms. The van der Waals surface area contributed by atoms with E-state index in [0.717, 1.165) is 6.42 Å². The van der Waals surface area contributed by atoms with Crippen LogP contribution in [0.25, 0.3) is 0 Å². The molecule has 1 aromatic carbocycles. The SMILES string of the molecule is O=C(O)CCS(=O)CC1Cc2ccccc21. The topological polar surface area (TPSA) is 54.4 Å². The highest BCUT2D eigenvalue weighted by Crippen LogP contribution is 2.35. The second kappa shape index (κ2) is 4.78. The molecule has 0 bridgehead atoms. The van der Waals surface area contributed by atoms with Crippen molar-refractivity contribution < 1.29 is 14.1 Å². The second-order valence-electron chi connectivity index (χ2n) is 4.05. The van der Waals surface area contributed by atoms with Gasteiger partial charge in [-0.3, -0.25) is 9.00 Å². The Morgan fingerprint density at radius 3 is 2.88 bits per heavy atom. The molecule has 0 saturated carbocycles. The maximum Gasteiger partial charge on any atom is 0.304 e. The summed E-state index contributed by atoms with van der Waals surface area (Å²) in [6.07, 6.45) is 0.982. The van der Waals surface area contributed by atoms with Gasteiger partial charge >= 0.3 is 5.97 Å². The smallest absolute Gasteiger partial charge is 0.304 e. The van der Waals surface area contributed by atoms with Crippen LogP contribution in [0.3, 0.4) is 0 Å². The molecule has 2 atom stereocenters. The summed E-state index contributed by atoms with van der Waals surface area (Å²) in [5.41, 5.74) is 2.62. The lowest BCUT2D eigenvalue weighted by atomic mass is 9.79. The molecule has 1 aliphatic carbocycles. The fraction of sp³-hybridized carbons (Fsp3) is 0.417. The van der Waals surface area contributed by atoms with Gasteiger partial charge in [-0.1, -0.05) is 24.3 Å². The Kier molecular flexibility index (Phi) is 3.39. The lowest BCUT2D eigenvalue weighted by Gasteiger charge is -2.29. The normalized spacial score (nSPS) is 19.6. The molecule has 0 spiro atoms. The highest BCUT2D eigenvalue weighted by Gasteiger charge is 2.26. The molecule has 0 heterocycles. The molecule has 86 valence electrons. The number of hydrogen-bond donors (Lipinski definition) is 1. The number of hydrogen-bond acceptors (Lipinski definition) is 2. The van der Waals surface area contributed by atoms with Crippen molar-refractivity contribution in [1.29, 1.82) is 0 Å². The third kappa shape index (κ3) is 2.50. The Balaban J connectivity index is 1.85. The quantitative estimate of drug-likeness (QED) is 0.846. The first kappa shape index (κ1) is 11.3. The predicted molar refractivity (Wildman–Crippen MR) is 63.0 cm³/mol. The maximum absolute atomic E-state index is 11.6. The second-order valence-corrected chi connectivity index (χ2v) is 5.68. The van der Waals surface area contributed by atoms with Crippen molar-refractivity contribution in [3.63, 3.8) is 0 Å². The minimum Gasteiger partial charge on any atom is -0.481 e. The summed E-state index contributed by atoms with van der Waals surface area (Å²) in [7, 11) is -1.01. The van der Waals surface area contributed by atoms with E-state index in [1.54, 1.807) is 0 Å². The monoisotopic (exact) mass is 238 g/mol. The summed E-state index contributed by atoms with van der Waals surface area (Å²) in [4.78, 5) is 10.3. The van der Waals surface area contributed by atoms with E-state index in [9.17, 15) is 9.00 Å². The van der Waals surface area contributed by atoms with Gasteiger partial charge in [-0.2, -0.15) is 0 Å². The third-order valence-electron chi connectivity index (χ3n) is 2.89. The van der Waals surface area contributed by atoms with Gasteiger partial charge in [0.1, 0.15) is 0 Å². The number of fused-ring (bicyclic) bond motifs is 1. The van der Waals surface area contributed by atoms with E-state index in [4.69, 9.17) is 5.11 Å². The van der Waals surface area contributed by atoms with Crippen molar-refractivity contribution in [1.82, 2.24) is 0 Å². The van der Waals surface area contributed by atoms with Crippen molar-refractivity contribution in [2.45, 2.75) is 18.8 Å². The molecule has 2 rings (SSSR count). The van der Waals surface area contributed by atoms with Crippen LogP contribution in [-0.2, 0) is 22.0 Å². The Morgan fingerprint density at radius 1 is 1.44 bits per heavy atom. The van der Waals surface area contributed by atoms with Crippen LogP contribution in [0.4, 0.5) is 0 Å². The summed E-state index contributed by atoms with van der Waals surface area (Å²) >= 11 is 0. The molecule has 0 aromatic heterocycles. The van der Waals surface area contributed by atoms with Gasteiger partial charge in [0.25, 0.3) is 0 Å². The molecule has 0 radical (unpaired) electrons. The van der Waals surface area contributed by atoms with Crippen molar-refractivity contribution >= 4 is 16.8 Å². The summed E-state index contributed by atoms with van der Waals surface area (Å²) < 4.78 is 11.6. The Labute approximate surface area is 96.9 Å². The van der Waals surface area contributed by atoms with Gasteiger partial charge in [0, 0.05) is 22.3 Å². The fourth-order valence-electron chi connectivity index (χ4n) is 2.02. The van der Waals surface area contributed by atoms with Crippen molar-refractivity contribution in [2.24, 2.45) is 0 Å². The Morgan fingerprint density at radius 2 is 2.19 bits per heavy atom. The zero-order chi connectivity index (χ0) is 11.5. The van der Waals surface area contributed by atoms with E-state index in [2.05, 4.69) is 12.1 Å². The first-order valence-corrected chi connectivity index (χ1v) is 6.80. The minimum absolute atomic E-state index is 0.000970. The summed E-state index contributed by atoms with van der Waals surface area (Å²) in [6, 6.07) is 8.16. The van der Waals surface area contributed by atoms with Gasteiger partial charge in [-0.25, -0.2) is 0 Å². The summed E-state index contributed by atoms with van der Waals surface area (Å²) in [5.74, 6) is 0.367. The third-order valence-corrected chi connectivity index (χ3v) is 4.33. The average Bonchev–Trinajstić information content (AvgIpc) is 2.23. The molecular formula is C12H14O3S. The fourth-order valence-corrected chi connectivity index (χ4v) is 3.34. The molecule has 3 nitrogen and oxygen atoms in total. The van der Waals surface area contributed by atoms with E-state index >= 15 is 0 Å². The minimum atomic E-state index is -1.01. The average molecular weight is 238 g/mol. The van der Waals surface area contributed by atoms with Gasteiger partial charge in [-0.15, -0.1) is 0 Å². The summed E-state index contributed by atoms with van der Waals surface area (Å²) in [6.45, 7) is 0. The van der Waals surface area contributed by atoms with Crippen LogP contribution >= 0.6 is 0 Å². The molecule has 0 amide bonds. The highest BCUT2D eigenvalue weighted by atomic mass is 32.2. The molecule has 1 N–H and O–H groups in total. The van der Waals surface area contributed by atoms with E-state index < -0.39 is 16.8 Å². The van der Waals surface area contributed by atoms with Gasteiger partial charge in [0.05, 0.1) is 6.42 Å². The molecule has 0 saturated heterocycles.